The third-order valence-corrected chi connectivity index (χ3v) is 1.52. The Morgan fingerprint density at radius 3 is 2.91 bits per heavy atom. The van der Waals surface area contributed by atoms with E-state index in [-0.39, 0.29) is 5.71 Å². The Morgan fingerprint density at radius 2 is 2.27 bits per heavy atom. The number of nitrogens with two attached hydrogens (primary N) is 1. The lowest BCUT2D eigenvalue weighted by Crippen LogP contribution is -2.18. The fourth-order valence-corrected chi connectivity index (χ4v) is 0.958. The van der Waals surface area contributed by atoms with E-state index in [2.05, 4.69) is 0 Å². The monoisotopic (exact) mass is 150 g/mol. The first-order chi connectivity index (χ1) is 5.22. The van der Waals surface area contributed by atoms with E-state index in [0.717, 1.165) is 12.8 Å². The van der Waals surface area contributed by atoms with Gasteiger partial charge in [-0.25, -0.2) is 0 Å². The lowest BCUT2D eigenvalue weighted by Gasteiger charge is -1.96. The van der Waals surface area contributed by atoms with Gasteiger partial charge in [0.1, 0.15) is 0 Å². The molecule has 1 amide bonds. The van der Waals surface area contributed by atoms with E-state index >= 15 is 0 Å². The molecule has 0 radical (unpaired) electrons. The number of hydrogen-bond donors (Lipinski definition) is 2. The van der Waals surface area contributed by atoms with Gasteiger partial charge in [0.15, 0.2) is 0 Å². The van der Waals surface area contributed by atoms with E-state index in [1.165, 1.54) is 0 Å². The Bertz CT molecular complexity index is 251. The van der Waals surface area contributed by atoms with Gasteiger partial charge in [-0.3, -0.25) is 4.79 Å². The summed E-state index contributed by atoms with van der Waals surface area (Å²) in [4.78, 5) is 10.7. The van der Waals surface area contributed by atoms with Crippen molar-refractivity contribution in [1.29, 1.82) is 5.41 Å². The van der Waals surface area contributed by atoms with Crippen molar-refractivity contribution in [3.05, 3.63) is 23.8 Å². The second-order valence-electron chi connectivity index (χ2n) is 2.38. The molecule has 0 bridgehead atoms. The zero-order valence-corrected chi connectivity index (χ0v) is 6.13. The first kappa shape index (κ1) is 7.72. The molecule has 1 aliphatic rings. The van der Waals surface area contributed by atoms with Gasteiger partial charge in [-0.05, 0) is 18.9 Å². The van der Waals surface area contributed by atoms with Crippen LogP contribution in [-0.4, -0.2) is 11.6 Å². The van der Waals surface area contributed by atoms with Crippen molar-refractivity contribution < 1.29 is 4.79 Å². The van der Waals surface area contributed by atoms with E-state index < -0.39 is 5.91 Å². The van der Waals surface area contributed by atoms with Crippen LogP contribution >= 0.6 is 0 Å². The van der Waals surface area contributed by atoms with Crippen molar-refractivity contribution in [3.63, 3.8) is 0 Å². The van der Waals surface area contributed by atoms with Gasteiger partial charge in [-0.1, -0.05) is 12.2 Å². The summed E-state index contributed by atoms with van der Waals surface area (Å²) >= 11 is 0. The van der Waals surface area contributed by atoms with Gasteiger partial charge in [-0.2, -0.15) is 0 Å². The largest absolute Gasteiger partial charge is 0.366 e. The van der Waals surface area contributed by atoms with Gasteiger partial charge in [0, 0.05) is 0 Å². The molecule has 0 aromatic carbocycles. The molecule has 3 heteroatoms. The normalized spacial score (nSPS) is 17.5. The van der Waals surface area contributed by atoms with Gasteiger partial charge in [0.2, 0.25) is 0 Å². The highest BCUT2D eigenvalue weighted by molar-refractivity contribution is 6.24. The average Bonchev–Trinajstić information content (AvgIpc) is 2.13. The number of carbonyl (C=O) groups excluding carboxylic acids is 1. The lowest BCUT2D eigenvalue weighted by molar-refractivity contribution is -0.114. The quantitative estimate of drug-likeness (QED) is 0.569. The molecule has 1 rings (SSSR count). The van der Waals surface area contributed by atoms with E-state index in [1.807, 2.05) is 6.08 Å². The summed E-state index contributed by atoms with van der Waals surface area (Å²) in [6.07, 6.45) is 6.86. The second kappa shape index (κ2) is 3.14. The SMILES string of the molecule is N=C1C=CCCC=C1C(N)=O. The zero-order valence-electron chi connectivity index (χ0n) is 6.13. The van der Waals surface area contributed by atoms with E-state index in [0.29, 0.717) is 5.57 Å². The van der Waals surface area contributed by atoms with Crippen LogP contribution in [0, 0.1) is 5.41 Å². The minimum absolute atomic E-state index is 0.218. The van der Waals surface area contributed by atoms with Gasteiger partial charge in [-0.15, -0.1) is 0 Å². The maximum absolute atomic E-state index is 10.7. The number of rotatable bonds is 1. The summed E-state index contributed by atoms with van der Waals surface area (Å²) in [5, 5.41) is 7.36. The highest BCUT2D eigenvalue weighted by atomic mass is 16.1. The Kier molecular flexibility index (Phi) is 2.21. The van der Waals surface area contributed by atoms with Crippen molar-refractivity contribution in [2.75, 3.05) is 0 Å². The maximum atomic E-state index is 10.7. The van der Waals surface area contributed by atoms with Crippen molar-refractivity contribution >= 4 is 11.6 Å². The molecule has 0 heterocycles. The molecule has 0 saturated carbocycles. The Morgan fingerprint density at radius 1 is 1.55 bits per heavy atom. The summed E-state index contributed by atoms with van der Waals surface area (Å²) in [5.74, 6) is -0.512. The van der Waals surface area contributed by atoms with E-state index in [4.69, 9.17) is 11.1 Å². The maximum Gasteiger partial charge on any atom is 0.250 e. The summed E-state index contributed by atoms with van der Waals surface area (Å²) in [6.45, 7) is 0. The van der Waals surface area contributed by atoms with Crippen LogP contribution in [0.5, 0.6) is 0 Å². The predicted molar refractivity (Wildman–Crippen MR) is 43.4 cm³/mol. The van der Waals surface area contributed by atoms with Crippen LogP contribution in [0.2, 0.25) is 0 Å². The van der Waals surface area contributed by atoms with Crippen LogP contribution in [0.15, 0.2) is 23.8 Å². The Hall–Kier alpha value is -1.38. The average molecular weight is 150 g/mol. The lowest BCUT2D eigenvalue weighted by atomic mass is 10.1. The molecule has 0 aliphatic heterocycles. The number of hydrogen-bond acceptors (Lipinski definition) is 2. The molecule has 0 aromatic rings. The van der Waals surface area contributed by atoms with Crippen LogP contribution in [0.3, 0.4) is 0 Å². The van der Waals surface area contributed by atoms with Crippen molar-refractivity contribution in [2.45, 2.75) is 12.8 Å². The fraction of sp³-hybridized carbons (Fsp3) is 0.250. The Balaban J connectivity index is 2.91. The van der Waals surface area contributed by atoms with Gasteiger partial charge < -0.3 is 11.1 Å². The number of primary amides is 1. The van der Waals surface area contributed by atoms with Crippen LogP contribution in [-0.2, 0) is 4.79 Å². The van der Waals surface area contributed by atoms with Gasteiger partial charge >= 0.3 is 0 Å². The molecular formula is C8H10N2O. The van der Waals surface area contributed by atoms with Crippen LogP contribution < -0.4 is 5.73 Å². The van der Waals surface area contributed by atoms with Gasteiger partial charge in [0.25, 0.3) is 5.91 Å². The third-order valence-electron chi connectivity index (χ3n) is 1.52. The summed E-state index contributed by atoms with van der Waals surface area (Å²) in [5.41, 5.74) is 5.59. The van der Waals surface area contributed by atoms with E-state index in [9.17, 15) is 4.79 Å². The standard InChI is InChI=1S/C8H10N2O/c9-7-5-3-1-2-4-6(7)8(10)11/h3-5,9H,1-2H2,(H2,10,11). The van der Waals surface area contributed by atoms with Gasteiger partial charge in [0.05, 0.1) is 11.3 Å². The number of allylic oxidation sites excluding steroid dienone is 3. The second-order valence-corrected chi connectivity index (χ2v) is 2.38. The number of nitrogens with one attached hydrogen (secondary N) is 1. The molecule has 0 spiro atoms. The molecule has 0 fully saturated rings. The fourth-order valence-electron chi connectivity index (χ4n) is 0.958. The molecular weight excluding hydrogens is 140 g/mol. The van der Waals surface area contributed by atoms with Crippen LogP contribution in [0.25, 0.3) is 0 Å². The highest BCUT2D eigenvalue weighted by Crippen LogP contribution is 2.07. The highest BCUT2D eigenvalue weighted by Gasteiger charge is 2.09. The molecule has 11 heavy (non-hydrogen) atoms. The van der Waals surface area contributed by atoms with Crippen molar-refractivity contribution in [3.8, 4) is 0 Å². The molecule has 1 aliphatic carbocycles. The third kappa shape index (κ3) is 1.77. The van der Waals surface area contributed by atoms with Crippen LogP contribution in [0.1, 0.15) is 12.8 Å². The topological polar surface area (TPSA) is 66.9 Å². The summed E-state index contributed by atoms with van der Waals surface area (Å²) in [6, 6.07) is 0. The molecule has 58 valence electrons. The van der Waals surface area contributed by atoms with Crippen LogP contribution in [0.4, 0.5) is 0 Å². The Labute approximate surface area is 65.1 Å². The summed E-state index contributed by atoms with van der Waals surface area (Å²) in [7, 11) is 0. The number of carbonyl (C=O) groups is 1. The molecule has 3 nitrogen and oxygen atoms in total. The molecule has 3 N–H and O–H groups in total. The minimum Gasteiger partial charge on any atom is -0.366 e. The first-order valence-corrected chi connectivity index (χ1v) is 3.47. The van der Waals surface area contributed by atoms with Crippen molar-refractivity contribution in [1.82, 2.24) is 0 Å². The molecule has 0 saturated heterocycles. The minimum atomic E-state index is -0.512. The zero-order chi connectivity index (χ0) is 8.27. The smallest absolute Gasteiger partial charge is 0.250 e. The molecule has 0 unspecified atom stereocenters. The van der Waals surface area contributed by atoms with E-state index in [1.54, 1.807) is 12.2 Å². The molecule has 0 aromatic heterocycles. The summed E-state index contributed by atoms with van der Waals surface area (Å²) < 4.78 is 0. The predicted octanol–water partition coefficient (Wildman–Crippen LogP) is 0.768. The number of amides is 1. The first-order valence-electron chi connectivity index (χ1n) is 3.47. The van der Waals surface area contributed by atoms with Crippen molar-refractivity contribution in [2.24, 2.45) is 5.73 Å². The molecule has 0 atom stereocenters.